The van der Waals surface area contributed by atoms with Gasteiger partial charge < -0.3 is 15.1 Å². The number of hydrogen-bond acceptors (Lipinski definition) is 4. The first kappa shape index (κ1) is 13.2. The van der Waals surface area contributed by atoms with E-state index in [-0.39, 0.29) is 28.4 Å². The molecule has 2 aromatic rings. The molecule has 21 heavy (non-hydrogen) atoms. The second kappa shape index (κ2) is 4.66. The van der Waals surface area contributed by atoms with Crippen LogP contribution in [0.2, 0.25) is 0 Å². The summed E-state index contributed by atoms with van der Waals surface area (Å²) in [6, 6.07) is 9.98. The lowest BCUT2D eigenvalue weighted by atomic mass is 9.81. The summed E-state index contributed by atoms with van der Waals surface area (Å²) in [5.74, 6) is -0.501. The zero-order valence-electron chi connectivity index (χ0n) is 11.8. The van der Waals surface area contributed by atoms with E-state index in [4.69, 9.17) is 0 Å². The van der Waals surface area contributed by atoms with Gasteiger partial charge in [-0.15, -0.1) is 0 Å². The Kier molecular flexibility index (Phi) is 2.94. The summed E-state index contributed by atoms with van der Waals surface area (Å²) in [7, 11) is 3.77. The van der Waals surface area contributed by atoms with Crippen LogP contribution in [0.1, 0.15) is 27.0 Å². The fourth-order valence-corrected chi connectivity index (χ4v) is 2.67. The molecule has 1 aliphatic carbocycles. The van der Waals surface area contributed by atoms with Crippen LogP contribution < -0.4 is 0 Å². The molecule has 106 valence electrons. The van der Waals surface area contributed by atoms with Crippen molar-refractivity contribution >= 4 is 11.4 Å². The Morgan fingerprint density at radius 1 is 0.905 bits per heavy atom. The summed E-state index contributed by atoms with van der Waals surface area (Å²) in [5.41, 5.74) is 2.62. The Balaban J connectivity index is 2.40. The Hall–Kier alpha value is -2.75. The molecule has 4 nitrogen and oxygen atoms in total. The van der Waals surface area contributed by atoms with E-state index in [0.29, 0.717) is 11.1 Å². The molecule has 0 bridgehead atoms. The zero-order valence-corrected chi connectivity index (χ0v) is 11.8. The van der Waals surface area contributed by atoms with Gasteiger partial charge in [-0.3, -0.25) is 4.79 Å². The van der Waals surface area contributed by atoms with Crippen molar-refractivity contribution in [3.8, 4) is 11.5 Å². The summed E-state index contributed by atoms with van der Waals surface area (Å²) < 4.78 is 0. The number of benzene rings is 2. The first-order valence-corrected chi connectivity index (χ1v) is 6.58. The number of aromatic hydroxyl groups is 2. The second-order valence-corrected chi connectivity index (χ2v) is 5.23. The fraction of sp³-hybridized carbons (Fsp3) is 0.118. The molecular weight excluding hydrogens is 266 g/mol. The van der Waals surface area contributed by atoms with E-state index in [0.717, 1.165) is 5.57 Å². The first-order valence-electron chi connectivity index (χ1n) is 6.58. The van der Waals surface area contributed by atoms with Crippen LogP contribution >= 0.6 is 0 Å². The minimum absolute atomic E-state index is 0.0731. The van der Waals surface area contributed by atoms with E-state index in [1.54, 1.807) is 24.3 Å². The molecule has 0 radical (unpaired) electrons. The van der Waals surface area contributed by atoms with Gasteiger partial charge in [-0.05, 0) is 23.3 Å². The molecule has 0 saturated heterocycles. The third-order valence-corrected chi connectivity index (χ3v) is 3.51. The first-order chi connectivity index (χ1) is 10.0. The molecular formula is C17H15NO3. The SMILES string of the molecule is CN(C)C=C1c2cccc(O)c2C(=O)c2c(O)cccc21. The maximum absolute atomic E-state index is 12.6. The lowest BCUT2D eigenvalue weighted by Gasteiger charge is -2.24. The van der Waals surface area contributed by atoms with E-state index in [2.05, 4.69) is 0 Å². The van der Waals surface area contributed by atoms with Gasteiger partial charge in [-0.2, -0.15) is 0 Å². The second-order valence-electron chi connectivity index (χ2n) is 5.23. The van der Waals surface area contributed by atoms with Crippen LogP contribution in [-0.4, -0.2) is 35.0 Å². The summed E-state index contributed by atoms with van der Waals surface area (Å²) in [6.45, 7) is 0. The van der Waals surface area contributed by atoms with E-state index in [9.17, 15) is 15.0 Å². The third-order valence-electron chi connectivity index (χ3n) is 3.51. The number of hydrogen-bond donors (Lipinski definition) is 2. The van der Waals surface area contributed by atoms with Crippen molar-refractivity contribution in [1.29, 1.82) is 0 Å². The van der Waals surface area contributed by atoms with Crippen LogP contribution in [0.5, 0.6) is 11.5 Å². The van der Waals surface area contributed by atoms with Crippen LogP contribution in [0.15, 0.2) is 42.6 Å². The standard InChI is InChI=1S/C17H15NO3/c1-18(2)9-12-10-5-3-7-13(19)15(10)17(21)16-11(12)6-4-8-14(16)20/h3-9,19-20H,1-2H3. The van der Waals surface area contributed by atoms with Crippen molar-refractivity contribution in [3.05, 3.63) is 64.9 Å². The van der Waals surface area contributed by atoms with Gasteiger partial charge in [0.05, 0.1) is 11.1 Å². The molecule has 0 aliphatic heterocycles. The van der Waals surface area contributed by atoms with Gasteiger partial charge in [0.1, 0.15) is 11.5 Å². The zero-order chi connectivity index (χ0) is 15.1. The van der Waals surface area contributed by atoms with Crippen molar-refractivity contribution in [2.75, 3.05) is 14.1 Å². The van der Waals surface area contributed by atoms with Crippen LogP contribution in [0, 0.1) is 0 Å². The highest BCUT2D eigenvalue weighted by Crippen LogP contribution is 2.42. The Bertz CT molecular complexity index is 718. The van der Waals surface area contributed by atoms with Crippen LogP contribution in [-0.2, 0) is 0 Å². The largest absolute Gasteiger partial charge is 0.507 e. The number of fused-ring (bicyclic) bond motifs is 2. The molecule has 0 amide bonds. The minimum Gasteiger partial charge on any atom is -0.507 e. The third kappa shape index (κ3) is 1.96. The Labute approximate surface area is 122 Å². The summed E-state index contributed by atoms with van der Waals surface area (Å²) in [4.78, 5) is 14.5. The molecule has 4 heteroatoms. The van der Waals surface area contributed by atoms with Crippen molar-refractivity contribution in [2.24, 2.45) is 0 Å². The fourth-order valence-electron chi connectivity index (χ4n) is 2.67. The number of phenols is 2. The maximum Gasteiger partial charge on any atom is 0.201 e. The Morgan fingerprint density at radius 3 is 1.81 bits per heavy atom. The minimum atomic E-state index is -0.355. The van der Waals surface area contributed by atoms with Gasteiger partial charge in [0, 0.05) is 25.9 Å². The normalized spacial score (nSPS) is 12.7. The Morgan fingerprint density at radius 2 is 1.38 bits per heavy atom. The van der Waals surface area contributed by atoms with Gasteiger partial charge in [0.2, 0.25) is 5.78 Å². The number of ketones is 1. The van der Waals surface area contributed by atoms with E-state index < -0.39 is 0 Å². The quantitative estimate of drug-likeness (QED) is 0.719. The number of carbonyl (C=O) groups excluding carboxylic acids is 1. The van der Waals surface area contributed by atoms with E-state index >= 15 is 0 Å². The molecule has 0 unspecified atom stereocenters. The number of phenolic OH excluding ortho intramolecular Hbond substituents is 2. The highest BCUT2D eigenvalue weighted by molar-refractivity contribution is 6.21. The predicted octanol–water partition coefficient (Wildman–Crippen LogP) is 2.59. The van der Waals surface area contributed by atoms with E-state index in [1.165, 1.54) is 12.1 Å². The predicted molar refractivity (Wildman–Crippen MR) is 80.4 cm³/mol. The molecule has 0 fully saturated rings. The number of nitrogens with zero attached hydrogens (tertiary/aromatic N) is 1. The van der Waals surface area contributed by atoms with E-state index in [1.807, 2.05) is 25.2 Å². The van der Waals surface area contributed by atoms with Crippen molar-refractivity contribution in [2.45, 2.75) is 0 Å². The van der Waals surface area contributed by atoms with Crippen LogP contribution in [0.3, 0.4) is 0 Å². The van der Waals surface area contributed by atoms with Crippen molar-refractivity contribution < 1.29 is 15.0 Å². The maximum atomic E-state index is 12.6. The van der Waals surface area contributed by atoms with Crippen molar-refractivity contribution in [3.63, 3.8) is 0 Å². The molecule has 0 spiro atoms. The molecule has 3 rings (SSSR count). The summed E-state index contributed by atoms with van der Waals surface area (Å²) >= 11 is 0. The van der Waals surface area contributed by atoms with Gasteiger partial charge in [0.15, 0.2) is 0 Å². The van der Waals surface area contributed by atoms with Crippen molar-refractivity contribution in [1.82, 2.24) is 4.90 Å². The monoisotopic (exact) mass is 281 g/mol. The average Bonchev–Trinajstić information content (AvgIpc) is 2.42. The molecule has 0 heterocycles. The molecule has 0 atom stereocenters. The highest BCUT2D eigenvalue weighted by atomic mass is 16.3. The molecule has 2 N–H and O–H groups in total. The smallest absolute Gasteiger partial charge is 0.201 e. The lowest BCUT2D eigenvalue weighted by Crippen LogP contribution is -2.16. The number of rotatable bonds is 1. The molecule has 0 aromatic heterocycles. The summed E-state index contributed by atoms with van der Waals surface area (Å²) in [5, 5.41) is 20.1. The highest BCUT2D eigenvalue weighted by Gasteiger charge is 2.31. The topological polar surface area (TPSA) is 60.8 Å². The van der Waals surface area contributed by atoms with Gasteiger partial charge in [-0.25, -0.2) is 0 Å². The lowest BCUT2D eigenvalue weighted by molar-refractivity contribution is 0.103. The van der Waals surface area contributed by atoms with Gasteiger partial charge >= 0.3 is 0 Å². The van der Waals surface area contributed by atoms with Gasteiger partial charge in [0.25, 0.3) is 0 Å². The number of carbonyl (C=O) groups is 1. The average molecular weight is 281 g/mol. The molecule has 0 saturated carbocycles. The van der Waals surface area contributed by atoms with Crippen LogP contribution in [0.4, 0.5) is 0 Å². The molecule has 1 aliphatic rings. The molecule has 2 aromatic carbocycles. The summed E-state index contributed by atoms with van der Waals surface area (Å²) in [6.07, 6.45) is 1.88. The van der Waals surface area contributed by atoms with Gasteiger partial charge in [-0.1, -0.05) is 24.3 Å². The van der Waals surface area contributed by atoms with Crippen LogP contribution in [0.25, 0.3) is 5.57 Å².